The first kappa shape index (κ1) is 18.6. The number of carbonyl (C=O) groups is 1. The largest absolute Gasteiger partial charge is 0.394 e. The zero-order valence-corrected chi connectivity index (χ0v) is 15.6. The lowest BCUT2D eigenvalue weighted by molar-refractivity contribution is -0.133. The van der Waals surface area contributed by atoms with Gasteiger partial charge in [-0.2, -0.15) is 0 Å². The first-order chi connectivity index (χ1) is 12.5. The van der Waals surface area contributed by atoms with Gasteiger partial charge in [-0.3, -0.25) is 9.69 Å². The van der Waals surface area contributed by atoms with Gasteiger partial charge in [0.15, 0.2) is 0 Å². The molecular formula is C22H28N2O2. The molecule has 1 amide bonds. The molecule has 2 N–H and O–H groups in total. The summed E-state index contributed by atoms with van der Waals surface area (Å²) in [4.78, 5) is 15.4. The highest BCUT2D eigenvalue weighted by Gasteiger charge is 2.46. The zero-order valence-electron chi connectivity index (χ0n) is 15.6. The van der Waals surface area contributed by atoms with Crippen LogP contribution in [-0.2, 0) is 24.1 Å². The zero-order chi connectivity index (χ0) is 18.6. The van der Waals surface area contributed by atoms with Gasteiger partial charge in [0.25, 0.3) is 0 Å². The molecule has 4 nitrogen and oxygen atoms in total. The van der Waals surface area contributed by atoms with Crippen LogP contribution in [0.2, 0.25) is 0 Å². The number of aliphatic hydroxyl groups excluding tert-OH is 1. The molecule has 3 rings (SSSR count). The second kappa shape index (κ2) is 8.02. The van der Waals surface area contributed by atoms with Crippen LogP contribution >= 0.6 is 0 Å². The Balaban J connectivity index is 1.80. The molecule has 138 valence electrons. The minimum absolute atomic E-state index is 0.00538. The van der Waals surface area contributed by atoms with E-state index in [2.05, 4.69) is 34.5 Å². The molecule has 0 saturated heterocycles. The predicted octanol–water partition coefficient (Wildman–Crippen LogP) is 2.20. The van der Waals surface area contributed by atoms with Gasteiger partial charge in [0.05, 0.1) is 6.61 Å². The third kappa shape index (κ3) is 3.81. The van der Waals surface area contributed by atoms with Crippen molar-refractivity contribution >= 4 is 5.91 Å². The fraction of sp³-hybridized carbons (Fsp3) is 0.409. The first-order valence-corrected chi connectivity index (χ1v) is 9.29. The molecule has 0 spiro atoms. The fourth-order valence-electron chi connectivity index (χ4n) is 3.76. The van der Waals surface area contributed by atoms with Crippen LogP contribution < -0.4 is 5.32 Å². The molecule has 0 aliphatic heterocycles. The van der Waals surface area contributed by atoms with E-state index >= 15 is 0 Å². The number of carbonyl (C=O) groups excluding carboxylic acids is 1. The van der Waals surface area contributed by atoms with Crippen molar-refractivity contribution in [2.45, 2.75) is 37.8 Å². The minimum atomic E-state index is -0.595. The monoisotopic (exact) mass is 352 g/mol. The molecule has 4 heteroatoms. The van der Waals surface area contributed by atoms with Gasteiger partial charge >= 0.3 is 0 Å². The van der Waals surface area contributed by atoms with Crippen molar-refractivity contribution in [1.82, 2.24) is 10.2 Å². The highest BCUT2D eigenvalue weighted by Crippen LogP contribution is 2.34. The Bertz CT molecular complexity index is 720. The molecular weight excluding hydrogens is 324 g/mol. The Morgan fingerprint density at radius 2 is 1.69 bits per heavy atom. The number of likely N-dealkylation sites (N-methyl/N-ethyl adjacent to an activating group) is 1. The van der Waals surface area contributed by atoms with Crippen LogP contribution in [0.5, 0.6) is 0 Å². The SMILES string of the molecule is CC(CO)NC(=O)C1(N(C)CCc2ccccc2)Cc2ccccc2C1. The van der Waals surface area contributed by atoms with Crippen LogP contribution in [0.4, 0.5) is 0 Å². The number of nitrogens with one attached hydrogen (secondary N) is 1. The summed E-state index contributed by atoms with van der Waals surface area (Å²) in [6.45, 7) is 2.58. The van der Waals surface area contributed by atoms with Crippen molar-refractivity contribution in [3.05, 3.63) is 71.3 Å². The highest BCUT2D eigenvalue weighted by molar-refractivity contribution is 5.88. The molecule has 2 aromatic rings. The lowest BCUT2D eigenvalue weighted by atomic mass is 9.91. The summed E-state index contributed by atoms with van der Waals surface area (Å²) < 4.78 is 0. The minimum Gasteiger partial charge on any atom is -0.394 e. The van der Waals surface area contributed by atoms with Crippen molar-refractivity contribution in [3.63, 3.8) is 0 Å². The van der Waals surface area contributed by atoms with Crippen LogP contribution in [0.1, 0.15) is 23.6 Å². The summed E-state index contributed by atoms with van der Waals surface area (Å²) in [6.07, 6.45) is 2.31. The molecule has 0 bridgehead atoms. The van der Waals surface area contributed by atoms with E-state index in [1.165, 1.54) is 16.7 Å². The third-order valence-corrected chi connectivity index (χ3v) is 5.47. The summed E-state index contributed by atoms with van der Waals surface area (Å²) >= 11 is 0. The standard InChI is InChI=1S/C22H28N2O2/c1-17(16-25)23-21(26)22(14-19-10-6-7-11-20(19)15-22)24(2)13-12-18-8-4-3-5-9-18/h3-11,17,25H,12-16H2,1-2H3,(H,23,26). The molecule has 1 unspecified atom stereocenters. The lowest BCUT2D eigenvalue weighted by Crippen LogP contribution is -2.60. The average Bonchev–Trinajstić information content (AvgIpc) is 3.07. The second-order valence-corrected chi connectivity index (χ2v) is 7.37. The topological polar surface area (TPSA) is 52.6 Å². The number of fused-ring (bicyclic) bond motifs is 1. The predicted molar refractivity (Wildman–Crippen MR) is 104 cm³/mol. The van der Waals surface area contributed by atoms with E-state index in [0.29, 0.717) is 12.8 Å². The molecule has 0 fully saturated rings. The number of aliphatic hydroxyl groups is 1. The summed E-state index contributed by atoms with van der Waals surface area (Å²) in [5.74, 6) is 0.00538. The number of hydrogen-bond acceptors (Lipinski definition) is 3. The molecule has 0 saturated carbocycles. The Labute approximate surface area is 155 Å². The van der Waals surface area contributed by atoms with E-state index in [-0.39, 0.29) is 18.6 Å². The summed E-state index contributed by atoms with van der Waals surface area (Å²) in [5, 5.41) is 12.3. The van der Waals surface area contributed by atoms with E-state index in [1.807, 2.05) is 44.3 Å². The summed E-state index contributed by atoms with van der Waals surface area (Å²) in [6, 6.07) is 18.4. The van der Waals surface area contributed by atoms with Crippen LogP contribution in [0.3, 0.4) is 0 Å². The van der Waals surface area contributed by atoms with Gasteiger partial charge in [0.1, 0.15) is 5.54 Å². The van der Waals surface area contributed by atoms with Crippen molar-refractivity contribution in [3.8, 4) is 0 Å². The van der Waals surface area contributed by atoms with Crippen LogP contribution in [-0.4, -0.2) is 47.7 Å². The molecule has 1 aliphatic rings. The van der Waals surface area contributed by atoms with Crippen molar-refractivity contribution in [1.29, 1.82) is 0 Å². The molecule has 1 atom stereocenters. The summed E-state index contributed by atoms with van der Waals surface area (Å²) in [5.41, 5.74) is 3.16. The molecule has 26 heavy (non-hydrogen) atoms. The van der Waals surface area contributed by atoms with Crippen LogP contribution in [0.15, 0.2) is 54.6 Å². The third-order valence-electron chi connectivity index (χ3n) is 5.47. The fourth-order valence-corrected chi connectivity index (χ4v) is 3.76. The van der Waals surface area contributed by atoms with E-state index in [9.17, 15) is 9.90 Å². The van der Waals surface area contributed by atoms with E-state index < -0.39 is 5.54 Å². The van der Waals surface area contributed by atoms with Gasteiger partial charge in [-0.05, 0) is 37.1 Å². The number of rotatable bonds is 7. The highest BCUT2D eigenvalue weighted by atomic mass is 16.3. The van der Waals surface area contributed by atoms with Crippen molar-refractivity contribution < 1.29 is 9.90 Å². The molecule has 1 aliphatic carbocycles. The quantitative estimate of drug-likeness (QED) is 0.803. The first-order valence-electron chi connectivity index (χ1n) is 9.29. The van der Waals surface area contributed by atoms with Crippen molar-refractivity contribution in [2.24, 2.45) is 0 Å². The van der Waals surface area contributed by atoms with Gasteiger partial charge in [-0.25, -0.2) is 0 Å². The lowest BCUT2D eigenvalue weighted by Gasteiger charge is -2.38. The number of hydrogen-bond donors (Lipinski definition) is 2. The van der Waals surface area contributed by atoms with Gasteiger partial charge < -0.3 is 10.4 Å². The average molecular weight is 352 g/mol. The van der Waals surface area contributed by atoms with E-state index in [0.717, 1.165) is 13.0 Å². The van der Waals surface area contributed by atoms with Gasteiger partial charge in [-0.1, -0.05) is 54.6 Å². The normalized spacial score (nSPS) is 16.3. The number of amides is 1. The van der Waals surface area contributed by atoms with E-state index in [4.69, 9.17) is 0 Å². The van der Waals surface area contributed by atoms with Gasteiger partial charge in [-0.15, -0.1) is 0 Å². The van der Waals surface area contributed by atoms with Gasteiger partial charge in [0, 0.05) is 25.4 Å². The molecule has 0 aromatic heterocycles. The number of nitrogens with zero attached hydrogens (tertiary/aromatic N) is 1. The van der Waals surface area contributed by atoms with Crippen LogP contribution in [0, 0.1) is 0 Å². The Hall–Kier alpha value is -2.17. The maximum atomic E-state index is 13.2. The maximum absolute atomic E-state index is 13.2. The Morgan fingerprint density at radius 1 is 1.12 bits per heavy atom. The van der Waals surface area contributed by atoms with Crippen molar-refractivity contribution in [2.75, 3.05) is 20.2 Å². The molecule has 0 radical (unpaired) electrons. The maximum Gasteiger partial charge on any atom is 0.241 e. The molecule has 0 heterocycles. The van der Waals surface area contributed by atoms with Gasteiger partial charge in [0.2, 0.25) is 5.91 Å². The number of benzene rings is 2. The van der Waals surface area contributed by atoms with Crippen LogP contribution in [0.25, 0.3) is 0 Å². The second-order valence-electron chi connectivity index (χ2n) is 7.37. The summed E-state index contributed by atoms with van der Waals surface area (Å²) in [7, 11) is 2.04. The molecule has 2 aromatic carbocycles. The Morgan fingerprint density at radius 3 is 2.27 bits per heavy atom. The smallest absolute Gasteiger partial charge is 0.241 e. The van der Waals surface area contributed by atoms with E-state index in [1.54, 1.807) is 0 Å². The Kier molecular flexibility index (Phi) is 5.74.